The second-order valence-corrected chi connectivity index (χ2v) is 7.14. The van der Waals surface area contributed by atoms with Gasteiger partial charge in [-0.05, 0) is 24.1 Å². The van der Waals surface area contributed by atoms with Crippen LogP contribution < -0.4 is 10.9 Å². The van der Waals surface area contributed by atoms with Crippen LogP contribution in [0.4, 0.5) is 8.78 Å². The number of aromatic nitrogens is 2. The third kappa shape index (κ3) is 4.14. The Morgan fingerprint density at radius 1 is 1.14 bits per heavy atom. The van der Waals surface area contributed by atoms with E-state index in [1.165, 1.54) is 29.1 Å². The molecule has 2 amide bonds. The number of phenols is 1. The van der Waals surface area contributed by atoms with Crippen molar-refractivity contribution in [3.05, 3.63) is 58.9 Å². The number of rotatable bonds is 4. The zero-order chi connectivity index (χ0) is 21.3. The normalized spacial score (nSPS) is 12.2. The topological polar surface area (TPSA) is 96.3 Å². The number of hydrogen-bond donors (Lipinski definition) is 3. The predicted octanol–water partition coefficient (Wildman–Crippen LogP) is 3.33. The van der Waals surface area contributed by atoms with Crippen LogP contribution in [0.3, 0.4) is 0 Å². The highest BCUT2D eigenvalue weighted by Gasteiger charge is 2.27. The van der Waals surface area contributed by atoms with Crippen LogP contribution in [0.25, 0.3) is 11.0 Å². The molecule has 2 aromatic carbocycles. The number of aromatic hydroxyl groups is 1. The van der Waals surface area contributed by atoms with E-state index in [1.807, 2.05) is 0 Å². The minimum atomic E-state index is -1.06. The molecule has 0 aliphatic carbocycles. The van der Waals surface area contributed by atoms with Gasteiger partial charge in [-0.1, -0.05) is 25.4 Å². The molecule has 0 radical (unpaired) electrons. The monoisotopic (exact) mass is 422 g/mol. The number of hydrazine groups is 1. The van der Waals surface area contributed by atoms with Crippen molar-refractivity contribution >= 4 is 34.4 Å². The number of carbonyl (C=O) groups is 2. The van der Waals surface area contributed by atoms with Gasteiger partial charge in [0.25, 0.3) is 11.8 Å². The molecule has 0 saturated heterocycles. The first-order chi connectivity index (χ1) is 13.7. The van der Waals surface area contributed by atoms with E-state index in [0.717, 1.165) is 12.1 Å². The van der Waals surface area contributed by atoms with Gasteiger partial charge in [0.05, 0.1) is 22.9 Å². The van der Waals surface area contributed by atoms with Crippen LogP contribution in [0, 0.1) is 17.6 Å². The van der Waals surface area contributed by atoms with Crippen molar-refractivity contribution in [1.82, 2.24) is 20.4 Å². The number of phenolic OH excluding ortho intramolecular Hbond substituents is 1. The molecule has 0 aliphatic heterocycles. The summed E-state index contributed by atoms with van der Waals surface area (Å²) >= 11 is 5.82. The lowest BCUT2D eigenvalue weighted by Gasteiger charge is -2.22. The zero-order valence-corrected chi connectivity index (χ0v) is 16.2. The van der Waals surface area contributed by atoms with E-state index in [2.05, 4.69) is 15.8 Å². The minimum Gasteiger partial charge on any atom is -0.507 e. The summed E-state index contributed by atoms with van der Waals surface area (Å²) in [7, 11) is 0. The number of nitrogens with one attached hydrogen (secondary N) is 2. The van der Waals surface area contributed by atoms with E-state index in [4.69, 9.17) is 11.6 Å². The lowest BCUT2D eigenvalue weighted by Crippen LogP contribution is -2.46. The molecule has 3 rings (SSSR count). The van der Waals surface area contributed by atoms with Gasteiger partial charge in [0, 0.05) is 17.2 Å². The minimum absolute atomic E-state index is 0.121. The van der Waals surface area contributed by atoms with Crippen molar-refractivity contribution in [2.45, 2.75) is 19.9 Å². The summed E-state index contributed by atoms with van der Waals surface area (Å²) in [5.74, 6) is -4.08. The van der Waals surface area contributed by atoms with Gasteiger partial charge in [-0.2, -0.15) is 0 Å². The Kier molecular flexibility index (Phi) is 5.69. The Bertz CT molecular complexity index is 1100. The standard InChI is InChI=1S/C19H17ClF2N4O3/c1-9(2)17(26-8-23-14-6-12(21)13(22)7-15(14)26)19(29)25-24-18(28)11-5-10(20)3-4-16(11)27/h3-9,17,27H,1-2H3,(H,24,28)(H,25,29). The number of benzene rings is 2. The summed E-state index contributed by atoms with van der Waals surface area (Å²) in [6.07, 6.45) is 1.30. The van der Waals surface area contributed by atoms with Crippen LogP contribution in [0.1, 0.15) is 30.2 Å². The van der Waals surface area contributed by atoms with Gasteiger partial charge < -0.3 is 9.67 Å². The summed E-state index contributed by atoms with van der Waals surface area (Å²) in [6, 6.07) is 4.94. The molecule has 29 heavy (non-hydrogen) atoms. The maximum absolute atomic E-state index is 13.7. The molecular weight excluding hydrogens is 406 g/mol. The number of halogens is 3. The smallest absolute Gasteiger partial charge is 0.273 e. The van der Waals surface area contributed by atoms with Crippen molar-refractivity contribution in [1.29, 1.82) is 0 Å². The van der Waals surface area contributed by atoms with Crippen LogP contribution >= 0.6 is 11.6 Å². The largest absolute Gasteiger partial charge is 0.507 e. The molecule has 0 aliphatic rings. The van der Waals surface area contributed by atoms with E-state index < -0.39 is 29.5 Å². The third-order valence-corrected chi connectivity index (χ3v) is 4.55. The van der Waals surface area contributed by atoms with E-state index in [0.29, 0.717) is 0 Å². The molecule has 10 heteroatoms. The molecule has 3 N–H and O–H groups in total. The van der Waals surface area contributed by atoms with Crippen LogP contribution in [-0.4, -0.2) is 26.5 Å². The first-order valence-electron chi connectivity index (χ1n) is 8.59. The second-order valence-electron chi connectivity index (χ2n) is 6.70. The van der Waals surface area contributed by atoms with Crippen molar-refractivity contribution < 1.29 is 23.5 Å². The molecule has 1 unspecified atom stereocenters. The van der Waals surface area contributed by atoms with E-state index in [9.17, 15) is 23.5 Å². The first-order valence-corrected chi connectivity index (χ1v) is 8.97. The highest BCUT2D eigenvalue weighted by atomic mass is 35.5. The molecular formula is C19H17ClF2N4O3. The number of imidazole rings is 1. The zero-order valence-electron chi connectivity index (χ0n) is 15.4. The molecule has 0 fully saturated rings. The van der Waals surface area contributed by atoms with Gasteiger partial charge in [0.1, 0.15) is 11.8 Å². The summed E-state index contributed by atoms with van der Waals surface area (Å²) in [5, 5.41) is 10.0. The van der Waals surface area contributed by atoms with Gasteiger partial charge in [0.15, 0.2) is 11.6 Å². The Morgan fingerprint density at radius 3 is 2.52 bits per heavy atom. The SMILES string of the molecule is CC(C)C(C(=O)NNC(=O)c1cc(Cl)ccc1O)n1cnc2cc(F)c(F)cc21. The number of nitrogens with zero attached hydrogens (tertiary/aromatic N) is 2. The van der Waals surface area contributed by atoms with Crippen molar-refractivity contribution in [2.75, 3.05) is 0 Å². The third-order valence-electron chi connectivity index (χ3n) is 4.32. The van der Waals surface area contributed by atoms with E-state index in [-0.39, 0.29) is 33.3 Å². The predicted molar refractivity (Wildman–Crippen MR) is 102 cm³/mol. The quantitative estimate of drug-likeness (QED) is 0.562. The Hall–Kier alpha value is -3.20. The highest BCUT2D eigenvalue weighted by Crippen LogP contribution is 2.26. The van der Waals surface area contributed by atoms with E-state index in [1.54, 1.807) is 13.8 Å². The average molecular weight is 423 g/mol. The summed E-state index contributed by atoms with van der Waals surface area (Å²) in [4.78, 5) is 29.0. The molecule has 0 saturated carbocycles. The highest BCUT2D eigenvalue weighted by molar-refractivity contribution is 6.31. The molecule has 3 aromatic rings. The number of fused-ring (bicyclic) bond motifs is 1. The molecule has 1 aromatic heterocycles. The number of carbonyl (C=O) groups excluding carboxylic acids is 2. The fraction of sp³-hybridized carbons (Fsp3) is 0.211. The lowest BCUT2D eigenvalue weighted by molar-refractivity contribution is -0.126. The fourth-order valence-electron chi connectivity index (χ4n) is 2.94. The first kappa shape index (κ1) is 20.5. The molecule has 0 bridgehead atoms. The summed E-state index contributed by atoms with van der Waals surface area (Å²) in [5.41, 5.74) is 4.79. The van der Waals surface area contributed by atoms with Crippen LogP contribution in [0.5, 0.6) is 5.75 Å². The van der Waals surface area contributed by atoms with Gasteiger partial charge in [-0.25, -0.2) is 13.8 Å². The van der Waals surface area contributed by atoms with Crippen LogP contribution in [0.2, 0.25) is 5.02 Å². The van der Waals surface area contributed by atoms with Crippen LogP contribution in [-0.2, 0) is 4.79 Å². The molecule has 7 nitrogen and oxygen atoms in total. The van der Waals surface area contributed by atoms with Crippen molar-refractivity contribution in [3.8, 4) is 5.75 Å². The summed E-state index contributed by atoms with van der Waals surface area (Å²) in [6.45, 7) is 3.50. The fourth-order valence-corrected chi connectivity index (χ4v) is 3.12. The van der Waals surface area contributed by atoms with E-state index >= 15 is 0 Å². The lowest BCUT2D eigenvalue weighted by atomic mass is 10.0. The van der Waals surface area contributed by atoms with Crippen molar-refractivity contribution in [2.24, 2.45) is 5.92 Å². The summed E-state index contributed by atoms with van der Waals surface area (Å²) < 4.78 is 28.5. The Balaban J connectivity index is 1.83. The molecule has 152 valence electrons. The Morgan fingerprint density at radius 2 is 1.83 bits per heavy atom. The number of hydrogen-bond acceptors (Lipinski definition) is 4. The molecule has 1 heterocycles. The van der Waals surface area contributed by atoms with Crippen LogP contribution in [0.15, 0.2) is 36.7 Å². The van der Waals surface area contributed by atoms with Gasteiger partial charge >= 0.3 is 0 Å². The van der Waals surface area contributed by atoms with Gasteiger partial charge in [-0.15, -0.1) is 0 Å². The molecule has 1 atom stereocenters. The Labute approximate surface area is 169 Å². The maximum atomic E-state index is 13.7. The number of amides is 2. The maximum Gasteiger partial charge on any atom is 0.273 e. The van der Waals surface area contributed by atoms with Gasteiger partial charge in [0.2, 0.25) is 0 Å². The second kappa shape index (κ2) is 8.04. The molecule has 0 spiro atoms. The van der Waals surface area contributed by atoms with Gasteiger partial charge in [-0.3, -0.25) is 20.4 Å². The average Bonchev–Trinajstić information content (AvgIpc) is 3.04. The van der Waals surface area contributed by atoms with Crippen molar-refractivity contribution in [3.63, 3.8) is 0 Å².